The molecule has 3 nitrogen and oxygen atoms in total. The van der Waals surface area contributed by atoms with Gasteiger partial charge >= 0.3 is 6.11 Å². The van der Waals surface area contributed by atoms with E-state index in [1.54, 1.807) is 24.5 Å². The van der Waals surface area contributed by atoms with E-state index < -0.39 is 34.9 Å². The molecular formula is C32H18F6N2OS. The van der Waals surface area contributed by atoms with Crippen LogP contribution in [0.2, 0.25) is 0 Å². The molecule has 5 rings (SSSR count). The average molecular weight is 593 g/mol. The summed E-state index contributed by atoms with van der Waals surface area (Å²) in [6.07, 6.45) is -2.86. The van der Waals surface area contributed by atoms with Crippen molar-refractivity contribution >= 4 is 11.8 Å². The second-order valence-corrected chi connectivity index (χ2v) is 10.0. The number of thioether (sulfide) groups is 1. The number of halogens is 6. The van der Waals surface area contributed by atoms with Crippen molar-refractivity contribution in [3.05, 3.63) is 126 Å². The van der Waals surface area contributed by atoms with Gasteiger partial charge in [-0.15, -0.1) is 0 Å². The Morgan fingerprint density at radius 3 is 1.93 bits per heavy atom. The predicted molar refractivity (Wildman–Crippen MR) is 148 cm³/mol. The van der Waals surface area contributed by atoms with Gasteiger partial charge in [-0.25, -0.2) is 17.6 Å². The summed E-state index contributed by atoms with van der Waals surface area (Å²) < 4.78 is 93.1. The molecule has 0 unspecified atom stereocenters. The number of benzene rings is 4. The summed E-state index contributed by atoms with van der Waals surface area (Å²) in [5.74, 6) is -4.69. The first kappa shape index (κ1) is 28.8. The average Bonchev–Trinajstić information content (AvgIpc) is 2.94. The maximum Gasteiger partial charge on any atom is 0.432 e. The molecule has 0 spiro atoms. The molecule has 0 radical (unpaired) electrons. The SMILES string of the molecule is Cc1ccc(-c2cc(F)c(C(F)(F)Oc3ccc(-c4ccc(-c5ccc(SC#N)c(F)c5)c(F)c4)cc3)c(F)c2)nc1. The van der Waals surface area contributed by atoms with Gasteiger partial charge in [0.05, 0.1) is 10.6 Å². The van der Waals surface area contributed by atoms with Crippen LogP contribution in [-0.4, -0.2) is 4.98 Å². The number of nitrogens with zero attached hydrogens (tertiary/aromatic N) is 2. The Kier molecular flexibility index (Phi) is 7.96. The highest BCUT2D eigenvalue weighted by Crippen LogP contribution is 2.38. The van der Waals surface area contributed by atoms with Crippen molar-refractivity contribution in [2.75, 3.05) is 0 Å². The van der Waals surface area contributed by atoms with Crippen LogP contribution in [-0.2, 0) is 6.11 Å². The highest BCUT2D eigenvalue weighted by Gasteiger charge is 2.41. The fraction of sp³-hybridized carbons (Fsp3) is 0.0625. The van der Waals surface area contributed by atoms with Gasteiger partial charge in [0.15, 0.2) is 0 Å². The van der Waals surface area contributed by atoms with Gasteiger partial charge in [0, 0.05) is 17.3 Å². The summed E-state index contributed by atoms with van der Waals surface area (Å²) in [7, 11) is 0. The summed E-state index contributed by atoms with van der Waals surface area (Å²) in [6, 6.07) is 18.0. The van der Waals surface area contributed by atoms with Gasteiger partial charge in [0.1, 0.15) is 40.0 Å². The van der Waals surface area contributed by atoms with Gasteiger partial charge in [-0.2, -0.15) is 14.0 Å². The summed E-state index contributed by atoms with van der Waals surface area (Å²) in [6.45, 7) is 1.78. The zero-order valence-corrected chi connectivity index (χ0v) is 22.5. The summed E-state index contributed by atoms with van der Waals surface area (Å²) >= 11 is 0.654. The first-order valence-corrected chi connectivity index (χ1v) is 13.1. The lowest BCUT2D eigenvalue weighted by molar-refractivity contribution is -0.189. The van der Waals surface area contributed by atoms with E-state index in [9.17, 15) is 26.3 Å². The van der Waals surface area contributed by atoms with Gasteiger partial charge < -0.3 is 4.74 Å². The standard InChI is InChI=1S/C32H18F6N2OS/c1-18-2-10-29(40-16-18)22-14-27(35)31(28(36)15-22)32(37,38)41-23-7-3-19(4-8-23)20-5-9-24(25(33)12-20)21-6-11-30(42-17-39)26(34)13-21/h2-16H,1H3. The van der Waals surface area contributed by atoms with E-state index in [0.717, 1.165) is 35.9 Å². The van der Waals surface area contributed by atoms with Crippen LogP contribution in [0.15, 0.2) is 96.0 Å². The number of aryl methyl sites for hydroxylation is 1. The number of rotatable bonds is 7. The highest BCUT2D eigenvalue weighted by atomic mass is 32.2. The van der Waals surface area contributed by atoms with E-state index in [2.05, 4.69) is 9.72 Å². The van der Waals surface area contributed by atoms with Gasteiger partial charge in [-0.3, -0.25) is 4.98 Å². The Morgan fingerprint density at radius 2 is 1.33 bits per heavy atom. The van der Waals surface area contributed by atoms with Crippen LogP contribution in [0.4, 0.5) is 26.3 Å². The fourth-order valence-corrected chi connectivity index (χ4v) is 4.67. The van der Waals surface area contributed by atoms with Crippen molar-refractivity contribution in [2.24, 2.45) is 0 Å². The minimum Gasteiger partial charge on any atom is -0.429 e. The number of thiocyanates is 1. The number of hydrogen-bond acceptors (Lipinski definition) is 4. The van der Waals surface area contributed by atoms with Crippen LogP contribution in [0.5, 0.6) is 5.75 Å². The van der Waals surface area contributed by atoms with Crippen LogP contribution >= 0.6 is 11.8 Å². The number of ether oxygens (including phenoxy) is 1. The Morgan fingerprint density at radius 1 is 0.714 bits per heavy atom. The monoisotopic (exact) mass is 592 g/mol. The molecular weight excluding hydrogens is 574 g/mol. The number of aromatic nitrogens is 1. The molecule has 0 aliphatic rings. The molecule has 0 aliphatic heterocycles. The Bertz CT molecular complexity index is 1800. The molecule has 0 N–H and O–H groups in total. The molecule has 42 heavy (non-hydrogen) atoms. The Hall–Kier alpha value is -4.75. The molecule has 210 valence electrons. The van der Waals surface area contributed by atoms with Gasteiger partial charge in [-0.1, -0.05) is 36.4 Å². The lowest BCUT2D eigenvalue weighted by atomic mass is 9.99. The Labute approximate surface area is 241 Å². The second kappa shape index (κ2) is 11.6. The molecule has 0 atom stereocenters. The second-order valence-electron chi connectivity index (χ2n) is 9.21. The van der Waals surface area contributed by atoms with Crippen LogP contribution in [0, 0.1) is 40.9 Å². The quantitative estimate of drug-likeness (QED) is 0.107. The van der Waals surface area contributed by atoms with E-state index in [1.165, 1.54) is 48.7 Å². The molecule has 0 saturated heterocycles. The largest absolute Gasteiger partial charge is 0.432 e. The van der Waals surface area contributed by atoms with Crippen LogP contribution in [0.25, 0.3) is 33.5 Å². The third-order valence-electron chi connectivity index (χ3n) is 6.34. The van der Waals surface area contributed by atoms with E-state index in [4.69, 9.17) is 5.26 Å². The molecule has 10 heteroatoms. The zero-order chi connectivity index (χ0) is 30.0. The molecule has 0 amide bonds. The van der Waals surface area contributed by atoms with E-state index in [0.29, 0.717) is 22.9 Å². The molecule has 5 aromatic rings. The highest BCUT2D eigenvalue weighted by molar-refractivity contribution is 8.03. The molecule has 0 saturated carbocycles. The fourth-order valence-electron chi connectivity index (χ4n) is 4.28. The minimum atomic E-state index is -4.35. The van der Waals surface area contributed by atoms with Crippen molar-refractivity contribution in [3.63, 3.8) is 0 Å². The lowest BCUT2D eigenvalue weighted by Gasteiger charge is -2.20. The third kappa shape index (κ3) is 5.97. The van der Waals surface area contributed by atoms with Gasteiger partial charge in [0.2, 0.25) is 0 Å². The van der Waals surface area contributed by atoms with Crippen molar-refractivity contribution in [1.82, 2.24) is 4.98 Å². The van der Waals surface area contributed by atoms with Crippen molar-refractivity contribution < 1.29 is 31.1 Å². The first-order chi connectivity index (χ1) is 20.1. The molecule has 1 heterocycles. The Balaban J connectivity index is 1.35. The van der Waals surface area contributed by atoms with Crippen LogP contribution < -0.4 is 4.74 Å². The van der Waals surface area contributed by atoms with Gasteiger partial charge in [0.25, 0.3) is 0 Å². The summed E-state index contributed by atoms with van der Waals surface area (Å²) in [5, 5.41) is 10.5. The smallest absolute Gasteiger partial charge is 0.429 e. The minimum absolute atomic E-state index is 0.00713. The van der Waals surface area contributed by atoms with E-state index in [-0.39, 0.29) is 33.0 Å². The molecule has 0 fully saturated rings. The maximum atomic E-state index is 14.9. The van der Waals surface area contributed by atoms with Crippen molar-refractivity contribution in [3.8, 4) is 44.7 Å². The number of nitriles is 1. The summed E-state index contributed by atoms with van der Waals surface area (Å²) in [4.78, 5) is 4.18. The number of alkyl halides is 2. The first-order valence-electron chi connectivity index (χ1n) is 12.3. The topological polar surface area (TPSA) is 45.9 Å². The summed E-state index contributed by atoms with van der Waals surface area (Å²) in [5.41, 5.74) is 0.711. The van der Waals surface area contributed by atoms with Crippen LogP contribution in [0.3, 0.4) is 0 Å². The van der Waals surface area contributed by atoms with E-state index >= 15 is 0 Å². The van der Waals surface area contributed by atoms with E-state index in [1.807, 2.05) is 0 Å². The predicted octanol–water partition coefficient (Wildman–Crippen LogP) is 9.65. The lowest BCUT2D eigenvalue weighted by Crippen LogP contribution is -2.25. The van der Waals surface area contributed by atoms with Crippen molar-refractivity contribution in [1.29, 1.82) is 5.26 Å². The zero-order valence-electron chi connectivity index (χ0n) is 21.6. The number of hydrogen-bond donors (Lipinski definition) is 0. The number of pyridine rings is 1. The molecule has 1 aromatic heterocycles. The van der Waals surface area contributed by atoms with Crippen LogP contribution in [0.1, 0.15) is 11.1 Å². The normalized spacial score (nSPS) is 11.3. The maximum absolute atomic E-state index is 14.9. The molecule has 0 aliphatic carbocycles. The third-order valence-corrected chi connectivity index (χ3v) is 6.98. The van der Waals surface area contributed by atoms with Gasteiger partial charge in [-0.05, 0) is 89.5 Å². The van der Waals surface area contributed by atoms with Crippen molar-refractivity contribution in [2.45, 2.75) is 17.9 Å². The molecule has 4 aromatic carbocycles. The molecule has 0 bridgehead atoms.